The van der Waals surface area contributed by atoms with Crippen LogP contribution in [0.2, 0.25) is 0 Å². The summed E-state index contributed by atoms with van der Waals surface area (Å²) in [7, 11) is 0. The van der Waals surface area contributed by atoms with Crippen molar-refractivity contribution in [2.24, 2.45) is 0 Å². The molecule has 0 saturated heterocycles. The van der Waals surface area contributed by atoms with Gasteiger partial charge in [0.15, 0.2) is 0 Å². The Labute approximate surface area is 102 Å². The predicted molar refractivity (Wildman–Crippen MR) is 61.9 cm³/mol. The first kappa shape index (κ1) is 12.0. The van der Waals surface area contributed by atoms with Crippen LogP contribution in [0.1, 0.15) is 5.56 Å². The van der Waals surface area contributed by atoms with E-state index in [1.54, 1.807) is 30.3 Å². The lowest BCUT2D eigenvalue weighted by Crippen LogP contribution is -2.09. The number of thiol groups is 1. The van der Waals surface area contributed by atoms with E-state index in [0.717, 1.165) is 6.20 Å². The molecule has 1 aromatic carbocycles. The van der Waals surface area contributed by atoms with Crippen LogP contribution in [0.4, 0.5) is 13.2 Å². The van der Waals surface area contributed by atoms with Crippen molar-refractivity contribution in [1.29, 1.82) is 0 Å². The molecule has 0 unspecified atom stereocenters. The van der Waals surface area contributed by atoms with Crippen molar-refractivity contribution in [2.75, 3.05) is 0 Å². The van der Waals surface area contributed by atoms with Gasteiger partial charge in [-0.1, -0.05) is 30.3 Å². The highest BCUT2D eigenvalue weighted by Crippen LogP contribution is 2.39. The molecule has 0 aliphatic rings. The van der Waals surface area contributed by atoms with Crippen molar-refractivity contribution in [2.45, 2.75) is 11.1 Å². The minimum absolute atomic E-state index is 0.0469. The van der Waals surface area contributed by atoms with Gasteiger partial charge < -0.3 is 0 Å². The molecule has 88 valence electrons. The number of rotatable bonds is 1. The topological polar surface area (TPSA) is 12.9 Å². The summed E-state index contributed by atoms with van der Waals surface area (Å²) in [6.45, 7) is 0. The van der Waals surface area contributed by atoms with Gasteiger partial charge in [-0.15, -0.1) is 12.6 Å². The SMILES string of the molecule is FC(F)(F)c1c(S)cncc1-c1ccccc1. The molecule has 1 heterocycles. The highest BCUT2D eigenvalue weighted by Gasteiger charge is 2.36. The summed E-state index contributed by atoms with van der Waals surface area (Å²) >= 11 is 3.83. The van der Waals surface area contributed by atoms with E-state index in [0.29, 0.717) is 5.56 Å². The second-order valence-electron chi connectivity index (χ2n) is 3.44. The van der Waals surface area contributed by atoms with E-state index in [4.69, 9.17) is 0 Å². The molecule has 2 aromatic rings. The molecule has 0 amide bonds. The number of benzene rings is 1. The fourth-order valence-corrected chi connectivity index (χ4v) is 1.90. The third-order valence-corrected chi connectivity index (χ3v) is 2.63. The largest absolute Gasteiger partial charge is 0.418 e. The average molecular weight is 255 g/mol. The first-order chi connectivity index (χ1) is 8.00. The van der Waals surface area contributed by atoms with E-state index >= 15 is 0 Å². The number of aromatic nitrogens is 1. The normalized spacial score (nSPS) is 11.5. The highest BCUT2D eigenvalue weighted by atomic mass is 32.1. The van der Waals surface area contributed by atoms with Crippen molar-refractivity contribution in [3.8, 4) is 11.1 Å². The molecule has 17 heavy (non-hydrogen) atoms. The molecule has 1 aromatic heterocycles. The number of hydrogen-bond donors (Lipinski definition) is 1. The number of nitrogens with zero attached hydrogens (tertiary/aromatic N) is 1. The van der Waals surface area contributed by atoms with Gasteiger partial charge in [-0.3, -0.25) is 4.98 Å². The molecule has 0 aliphatic carbocycles. The van der Waals surface area contributed by atoms with Crippen LogP contribution in [0.5, 0.6) is 0 Å². The third-order valence-electron chi connectivity index (χ3n) is 2.29. The molecule has 0 bridgehead atoms. The zero-order valence-electron chi connectivity index (χ0n) is 8.57. The summed E-state index contributed by atoms with van der Waals surface area (Å²) in [4.78, 5) is 3.59. The Morgan fingerprint density at radius 2 is 1.65 bits per heavy atom. The Bertz CT molecular complexity index is 523. The van der Waals surface area contributed by atoms with Gasteiger partial charge in [0.1, 0.15) is 0 Å². The first-order valence-corrected chi connectivity index (χ1v) is 5.24. The van der Waals surface area contributed by atoms with Crippen LogP contribution in [0, 0.1) is 0 Å². The van der Waals surface area contributed by atoms with Crippen LogP contribution in [0.15, 0.2) is 47.6 Å². The van der Waals surface area contributed by atoms with E-state index in [-0.39, 0.29) is 10.5 Å². The first-order valence-electron chi connectivity index (χ1n) is 4.79. The van der Waals surface area contributed by atoms with Crippen LogP contribution in [0.25, 0.3) is 11.1 Å². The maximum absolute atomic E-state index is 12.9. The Hall–Kier alpha value is -1.49. The fourth-order valence-electron chi connectivity index (χ4n) is 1.58. The minimum Gasteiger partial charge on any atom is -0.263 e. The molecule has 0 aliphatic heterocycles. The van der Waals surface area contributed by atoms with Gasteiger partial charge in [0.05, 0.1) is 5.56 Å². The summed E-state index contributed by atoms with van der Waals surface area (Å²) in [6, 6.07) is 8.33. The number of pyridine rings is 1. The number of hydrogen-bond acceptors (Lipinski definition) is 2. The van der Waals surface area contributed by atoms with Crippen LogP contribution in [-0.2, 0) is 6.18 Å². The average Bonchev–Trinajstić information content (AvgIpc) is 2.28. The van der Waals surface area contributed by atoms with Gasteiger partial charge in [0.2, 0.25) is 0 Å². The van der Waals surface area contributed by atoms with E-state index < -0.39 is 11.7 Å². The summed E-state index contributed by atoms with van der Waals surface area (Å²) in [6.07, 6.45) is -2.14. The summed E-state index contributed by atoms with van der Waals surface area (Å²) < 4.78 is 38.8. The second-order valence-corrected chi connectivity index (χ2v) is 3.93. The van der Waals surface area contributed by atoms with Gasteiger partial charge in [-0.05, 0) is 5.56 Å². The van der Waals surface area contributed by atoms with Gasteiger partial charge in [-0.2, -0.15) is 13.2 Å². The smallest absolute Gasteiger partial charge is 0.263 e. The molecule has 0 N–H and O–H groups in total. The maximum atomic E-state index is 12.9. The number of halogens is 3. The maximum Gasteiger partial charge on any atom is 0.418 e. The molecule has 5 heteroatoms. The monoisotopic (exact) mass is 255 g/mol. The summed E-state index contributed by atoms with van der Waals surface area (Å²) in [5.74, 6) is 0. The summed E-state index contributed by atoms with van der Waals surface area (Å²) in [5, 5.41) is 0. The third kappa shape index (κ3) is 2.44. The van der Waals surface area contributed by atoms with E-state index in [1.807, 2.05) is 0 Å². The Morgan fingerprint density at radius 1 is 1.00 bits per heavy atom. The van der Waals surface area contributed by atoms with Crippen LogP contribution < -0.4 is 0 Å². The predicted octanol–water partition coefficient (Wildman–Crippen LogP) is 4.06. The zero-order valence-corrected chi connectivity index (χ0v) is 9.46. The van der Waals surface area contributed by atoms with Gasteiger partial charge in [0, 0.05) is 22.9 Å². The van der Waals surface area contributed by atoms with Crippen molar-refractivity contribution < 1.29 is 13.2 Å². The lowest BCUT2D eigenvalue weighted by molar-refractivity contribution is -0.139. The van der Waals surface area contributed by atoms with E-state index in [2.05, 4.69) is 17.6 Å². The molecule has 1 nitrogen and oxygen atoms in total. The Balaban J connectivity index is 2.67. The molecule has 0 fully saturated rings. The lowest BCUT2D eigenvalue weighted by Gasteiger charge is -2.14. The van der Waals surface area contributed by atoms with Crippen LogP contribution in [0.3, 0.4) is 0 Å². The Morgan fingerprint density at radius 3 is 2.24 bits per heavy atom. The van der Waals surface area contributed by atoms with Crippen molar-refractivity contribution in [3.05, 3.63) is 48.3 Å². The second kappa shape index (κ2) is 4.41. The highest BCUT2D eigenvalue weighted by molar-refractivity contribution is 7.80. The van der Waals surface area contributed by atoms with Crippen molar-refractivity contribution in [1.82, 2.24) is 4.98 Å². The van der Waals surface area contributed by atoms with E-state index in [9.17, 15) is 13.2 Å². The van der Waals surface area contributed by atoms with Crippen molar-refractivity contribution >= 4 is 12.6 Å². The van der Waals surface area contributed by atoms with Gasteiger partial charge >= 0.3 is 6.18 Å². The zero-order chi connectivity index (χ0) is 12.5. The molecule has 0 radical (unpaired) electrons. The van der Waals surface area contributed by atoms with Crippen LogP contribution >= 0.6 is 12.6 Å². The minimum atomic E-state index is -4.44. The standard InChI is InChI=1S/C12H8F3NS/c13-12(14,15)11-9(6-16-7-10(11)17)8-4-2-1-3-5-8/h1-7,17H. The quantitative estimate of drug-likeness (QED) is 0.758. The Kier molecular flexibility index (Phi) is 3.11. The molecular weight excluding hydrogens is 247 g/mol. The molecule has 0 saturated carbocycles. The number of alkyl halides is 3. The fraction of sp³-hybridized carbons (Fsp3) is 0.0833. The van der Waals surface area contributed by atoms with Gasteiger partial charge in [0.25, 0.3) is 0 Å². The summed E-state index contributed by atoms with van der Waals surface area (Å²) in [5.41, 5.74) is -0.226. The molecule has 2 rings (SSSR count). The lowest BCUT2D eigenvalue weighted by atomic mass is 10.0. The van der Waals surface area contributed by atoms with E-state index in [1.165, 1.54) is 6.20 Å². The molecule has 0 spiro atoms. The van der Waals surface area contributed by atoms with Gasteiger partial charge in [-0.25, -0.2) is 0 Å². The van der Waals surface area contributed by atoms with Crippen molar-refractivity contribution in [3.63, 3.8) is 0 Å². The molecule has 0 atom stereocenters. The van der Waals surface area contributed by atoms with Crippen LogP contribution in [-0.4, -0.2) is 4.98 Å². The molecular formula is C12H8F3NS.